The van der Waals surface area contributed by atoms with E-state index in [2.05, 4.69) is 0 Å². The van der Waals surface area contributed by atoms with Gasteiger partial charge in [-0.2, -0.15) is 8.78 Å². The minimum absolute atomic E-state index is 0.0183. The maximum absolute atomic E-state index is 15.0. The fourth-order valence-electron chi connectivity index (χ4n) is 4.69. The van der Waals surface area contributed by atoms with Crippen LogP contribution >= 0.6 is 0 Å². The molecule has 3 aromatic carbocycles. The average molecular weight is 505 g/mol. The second kappa shape index (κ2) is 11.3. The molecule has 0 amide bonds. The molecule has 0 heterocycles. The third-order valence-electron chi connectivity index (χ3n) is 6.82. The van der Waals surface area contributed by atoms with Gasteiger partial charge in [0, 0.05) is 5.56 Å². The molecule has 7 heteroatoms. The van der Waals surface area contributed by atoms with Crippen LogP contribution in [0.4, 0.5) is 22.0 Å². The first kappa shape index (κ1) is 26.0. The molecule has 0 atom stereocenters. The summed E-state index contributed by atoms with van der Waals surface area (Å²) in [7, 11) is 0. The highest BCUT2D eigenvalue weighted by atomic mass is 19.2. The number of benzene rings is 3. The Morgan fingerprint density at radius 2 is 1.42 bits per heavy atom. The second-order valence-electron chi connectivity index (χ2n) is 9.36. The van der Waals surface area contributed by atoms with Crippen LogP contribution in [0.25, 0.3) is 11.1 Å². The molecule has 0 N–H and O–H groups in total. The third kappa shape index (κ3) is 5.50. The van der Waals surface area contributed by atoms with Crippen LogP contribution in [0, 0.1) is 41.9 Å². The van der Waals surface area contributed by atoms with Gasteiger partial charge < -0.3 is 9.47 Å². The maximum Gasteiger partial charge on any atom is 0.201 e. The van der Waals surface area contributed by atoms with Gasteiger partial charge in [-0.1, -0.05) is 25.1 Å². The fourth-order valence-corrected chi connectivity index (χ4v) is 4.69. The lowest BCUT2D eigenvalue weighted by molar-refractivity contribution is 0.192. The fraction of sp³-hybridized carbons (Fsp3) is 0.379. The Labute approximate surface area is 208 Å². The SMILES string of the molecule is CCCOc1ccc(-c2ccc(C3CCC(COc4ccc(C)c(F)c4F)CC3)c(F)c2)c(F)c1F. The van der Waals surface area contributed by atoms with Crippen molar-refractivity contribution >= 4 is 0 Å². The van der Waals surface area contributed by atoms with Gasteiger partial charge in [-0.25, -0.2) is 13.2 Å². The van der Waals surface area contributed by atoms with Crippen molar-refractivity contribution in [3.05, 3.63) is 82.7 Å². The van der Waals surface area contributed by atoms with Gasteiger partial charge in [0.25, 0.3) is 0 Å². The summed E-state index contributed by atoms with van der Waals surface area (Å²) in [6, 6.07) is 10.1. The first-order chi connectivity index (χ1) is 17.3. The highest BCUT2D eigenvalue weighted by Gasteiger charge is 2.26. The monoisotopic (exact) mass is 504 g/mol. The van der Waals surface area contributed by atoms with E-state index in [-0.39, 0.29) is 53.2 Å². The Bertz CT molecular complexity index is 1220. The first-order valence-electron chi connectivity index (χ1n) is 12.3. The minimum atomic E-state index is -1.08. The van der Waals surface area contributed by atoms with E-state index in [4.69, 9.17) is 9.47 Å². The molecule has 192 valence electrons. The molecule has 36 heavy (non-hydrogen) atoms. The molecule has 1 saturated carbocycles. The van der Waals surface area contributed by atoms with Crippen LogP contribution < -0.4 is 9.47 Å². The first-order valence-corrected chi connectivity index (χ1v) is 12.3. The van der Waals surface area contributed by atoms with Gasteiger partial charge >= 0.3 is 0 Å². The molecule has 1 aliphatic rings. The Hall–Kier alpha value is -3.09. The highest BCUT2D eigenvalue weighted by molar-refractivity contribution is 5.66. The van der Waals surface area contributed by atoms with E-state index >= 15 is 4.39 Å². The zero-order chi connectivity index (χ0) is 25.8. The van der Waals surface area contributed by atoms with Crippen LogP contribution in [0.15, 0.2) is 42.5 Å². The summed E-state index contributed by atoms with van der Waals surface area (Å²) in [5.41, 5.74) is 0.986. The molecule has 0 aliphatic heterocycles. The summed E-state index contributed by atoms with van der Waals surface area (Å²) < 4.78 is 82.5. The predicted octanol–water partition coefficient (Wildman–Crippen LogP) is 8.50. The summed E-state index contributed by atoms with van der Waals surface area (Å²) in [6.07, 6.45) is 3.58. The normalized spacial score (nSPS) is 17.8. The summed E-state index contributed by atoms with van der Waals surface area (Å²) in [4.78, 5) is 0. The summed E-state index contributed by atoms with van der Waals surface area (Å²) >= 11 is 0. The van der Waals surface area contributed by atoms with Gasteiger partial charge in [0.1, 0.15) is 5.82 Å². The van der Waals surface area contributed by atoms with E-state index in [9.17, 15) is 17.6 Å². The number of aryl methyl sites for hydroxylation is 1. The minimum Gasteiger partial charge on any atom is -0.490 e. The summed E-state index contributed by atoms with van der Waals surface area (Å²) in [6.45, 7) is 3.89. The molecule has 4 rings (SSSR count). The van der Waals surface area contributed by atoms with E-state index in [0.717, 1.165) is 12.8 Å². The molecule has 0 saturated heterocycles. The lowest BCUT2D eigenvalue weighted by Gasteiger charge is -2.29. The Kier molecular flexibility index (Phi) is 8.17. The molecule has 0 unspecified atom stereocenters. The van der Waals surface area contributed by atoms with Gasteiger partial charge in [-0.15, -0.1) is 0 Å². The zero-order valence-electron chi connectivity index (χ0n) is 20.4. The van der Waals surface area contributed by atoms with Crippen LogP contribution in [0.2, 0.25) is 0 Å². The second-order valence-corrected chi connectivity index (χ2v) is 9.36. The van der Waals surface area contributed by atoms with Gasteiger partial charge in [-0.05, 0) is 91.8 Å². The topological polar surface area (TPSA) is 18.5 Å². The van der Waals surface area contributed by atoms with Crippen LogP contribution in [-0.4, -0.2) is 13.2 Å². The quantitative estimate of drug-likeness (QED) is 0.286. The van der Waals surface area contributed by atoms with Crippen molar-refractivity contribution in [2.24, 2.45) is 5.92 Å². The molecule has 0 radical (unpaired) electrons. The van der Waals surface area contributed by atoms with E-state index in [0.29, 0.717) is 24.8 Å². The van der Waals surface area contributed by atoms with Crippen molar-refractivity contribution in [1.82, 2.24) is 0 Å². The molecular weight excluding hydrogens is 475 g/mol. The van der Waals surface area contributed by atoms with Crippen molar-refractivity contribution in [1.29, 1.82) is 0 Å². The van der Waals surface area contributed by atoms with E-state index in [1.54, 1.807) is 12.1 Å². The average Bonchev–Trinajstić information content (AvgIpc) is 2.88. The van der Waals surface area contributed by atoms with Gasteiger partial charge in [0.15, 0.2) is 23.1 Å². The van der Waals surface area contributed by atoms with Crippen molar-refractivity contribution < 1.29 is 31.4 Å². The molecular formula is C29H29F5O2. The van der Waals surface area contributed by atoms with E-state index < -0.39 is 29.1 Å². The van der Waals surface area contributed by atoms with Crippen molar-refractivity contribution in [3.8, 4) is 22.6 Å². The molecule has 3 aromatic rings. The largest absolute Gasteiger partial charge is 0.490 e. The summed E-state index contributed by atoms with van der Waals surface area (Å²) in [5, 5.41) is 0. The lowest BCUT2D eigenvalue weighted by atomic mass is 9.78. The summed E-state index contributed by atoms with van der Waals surface area (Å²) in [5.74, 6) is -4.63. The molecule has 1 aliphatic carbocycles. The van der Waals surface area contributed by atoms with Crippen LogP contribution in [-0.2, 0) is 0 Å². The molecule has 0 spiro atoms. The Morgan fingerprint density at radius 1 is 0.750 bits per heavy atom. The van der Waals surface area contributed by atoms with Gasteiger partial charge in [-0.3, -0.25) is 0 Å². The van der Waals surface area contributed by atoms with E-state index in [1.807, 2.05) is 6.92 Å². The maximum atomic E-state index is 15.0. The third-order valence-corrected chi connectivity index (χ3v) is 6.82. The predicted molar refractivity (Wildman–Crippen MR) is 129 cm³/mol. The molecule has 0 bridgehead atoms. The Morgan fingerprint density at radius 3 is 2.11 bits per heavy atom. The molecule has 1 fully saturated rings. The molecule has 0 aromatic heterocycles. The number of hydrogen-bond donors (Lipinski definition) is 0. The van der Waals surface area contributed by atoms with Crippen molar-refractivity contribution in [2.45, 2.75) is 51.9 Å². The zero-order valence-corrected chi connectivity index (χ0v) is 20.4. The van der Waals surface area contributed by atoms with Crippen molar-refractivity contribution in [3.63, 3.8) is 0 Å². The standard InChI is InChI=1S/C29H29F5O2/c1-3-14-35-24-13-11-22(27(32)29(24)34)20-9-10-21(23(30)15-20)19-7-5-18(6-8-19)16-36-25-12-4-17(2)26(31)28(25)33/h4,9-13,15,18-19H,3,5-8,14,16H2,1-2H3. The number of ether oxygens (including phenoxy) is 2. The van der Waals surface area contributed by atoms with Gasteiger partial charge in [0.05, 0.1) is 13.2 Å². The number of hydrogen-bond acceptors (Lipinski definition) is 2. The van der Waals surface area contributed by atoms with Crippen LogP contribution in [0.5, 0.6) is 11.5 Å². The lowest BCUT2D eigenvalue weighted by Crippen LogP contribution is -2.20. The smallest absolute Gasteiger partial charge is 0.201 e. The van der Waals surface area contributed by atoms with Crippen molar-refractivity contribution in [2.75, 3.05) is 13.2 Å². The number of halogens is 5. The van der Waals surface area contributed by atoms with Crippen LogP contribution in [0.1, 0.15) is 56.1 Å². The van der Waals surface area contributed by atoms with E-state index in [1.165, 1.54) is 37.3 Å². The highest BCUT2D eigenvalue weighted by Crippen LogP contribution is 2.39. The molecule has 2 nitrogen and oxygen atoms in total. The Balaban J connectivity index is 1.38. The van der Waals surface area contributed by atoms with Gasteiger partial charge in [0.2, 0.25) is 11.6 Å². The van der Waals surface area contributed by atoms with Crippen LogP contribution in [0.3, 0.4) is 0 Å². The number of rotatable bonds is 8.